The zero-order chi connectivity index (χ0) is 13.8. The highest BCUT2D eigenvalue weighted by atomic mass is 32.2. The third-order valence-electron chi connectivity index (χ3n) is 2.64. The second kappa shape index (κ2) is 6.02. The molecule has 19 heavy (non-hydrogen) atoms. The van der Waals surface area contributed by atoms with Crippen LogP contribution in [0, 0.1) is 0 Å². The van der Waals surface area contributed by atoms with Crippen LogP contribution >= 0.6 is 11.8 Å². The Morgan fingerprint density at radius 2 is 2.21 bits per heavy atom. The molecule has 1 heterocycles. The summed E-state index contributed by atoms with van der Waals surface area (Å²) in [6, 6.07) is -0.116. The number of amides is 3. The van der Waals surface area contributed by atoms with E-state index in [0.29, 0.717) is 17.7 Å². The van der Waals surface area contributed by atoms with Crippen molar-refractivity contribution in [2.45, 2.75) is 30.6 Å². The standard InChI is InChI=1S/C10H16N6O2S/c1-12-9(18)13-8(17)5-19-10-15-14-7(4-11)16(10)6-2-3-6/h6H,2-5,11H2,1H3,(H2,12,13,17,18). The summed E-state index contributed by atoms with van der Waals surface area (Å²) >= 11 is 1.25. The van der Waals surface area contributed by atoms with Crippen LogP contribution < -0.4 is 16.4 Å². The molecule has 0 aromatic carbocycles. The molecule has 1 aromatic rings. The van der Waals surface area contributed by atoms with Crippen LogP contribution in [0.2, 0.25) is 0 Å². The van der Waals surface area contributed by atoms with E-state index < -0.39 is 6.03 Å². The van der Waals surface area contributed by atoms with Crippen LogP contribution in [0.5, 0.6) is 0 Å². The van der Waals surface area contributed by atoms with Crippen molar-refractivity contribution in [3.05, 3.63) is 5.82 Å². The molecule has 1 aromatic heterocycles. The molecule has 8 nitrogen and oxygen atoms in total. The topological polar surface area (TPSA) is 115 Å². The lowest BCUT2D eigenvalue weighted by Crippen LogP contribution is -2.38. The number of carbonyl (C=O) groups excluding carboxylic acids is 2. The summed E-state index contributed by atoms with van der Waals surface area (Å²) in [6.45, 7) is 0.328. The van der Waals surface area contributed by atoms with Gasteiger partial charge in [-0.1, -0.05) is 11.8 Å². The Balaban J connectivity index is 1.94. The largest absolute Gasteiger partial charge is 0.341 e. The summed E-state index contributed by atoms with van der Waals surface area (Å²) in [5.74, 6) is 0.476. The second-order valence-corrected chi connectivity index (χ2v) is 5.06. The molecule has 1 aliphatic rings. The summed E-state index contributed by atoms with van der Waals surface area (Å²) in [7, 11) is 1.45. The number of nitrogens with one attached hydrogen (secondary N) is 2. The Hall–Kier alpha value is -1.61. The number of aromatic nitrogens is 3. The van der Waals surface area contributed by atoms with Gasteiger partial charge in [-0.3, -0.25) is 10.1 Å². The number of carbonyl (C=O) groups is 2. The molecule has 0 saturated heterocycles. The van der Waals surface area contributed by atoms with Crippen LogP contribution in [0.25, 0.3) is 0 Å². The van der Waals surface area contributed by atoms with Crippen LogP contribution in [0.1, 0.15) is 24.7 Å². The summed E-state index contributed by atoms with van der Waals surface area (Å²) < 4.78 is 1.98. The predicted octanol–water partition coefficient (Wildman–Crippen LogP) is -0.381. The van der Waals surface area contributed by atoms with Gasteiger partial charge in [-0.2, -0.15) is 0 Å². The van der Waals surface area contributed by atoms with E-state index >= 15 is 0 Å². The van der Waals surface area contributed by atoms with Crippen molar-refractivity contribution >= 4 is 23.7 Å². The first-order chi connectivity index (χ1) is 9.15. The highest BCUT2D eigenvalue weighted by molar-refractivity contribution is 7.99. The Morgan fingerprint density at radius 1 is 1.47 bits per heavy atom. The second-order valence-electron chi connectivity index (χ2n) is 4.12. The minimum absolute atomic E-state index is 0.114. The maximum atomic E-state index is 11.5. The van der Waals surface area contributed by atoms with Gasteiger partial charge in [-0.05, 0) is 12.8 Å². The van der Waals surface area contributed by atoms with E-state index in [1.807, 2.05) is 4.57 Å². The molecule has 0 unspecified atom stereocenters. The van der Waals surface area contributed by atoms with E-state index in [1.165, 1.54) is 18.8 Å². The fourth-order valence-electron chi connectivity index (χ4n) is 1.60. The van der Waals surface area contributed by atoms with Gasteiger partial charge in [0.25, 0.3) is 0 Å². The minimum Gasteiger partial charge on any atom is -0.341 e. The number of rotatable bonds is 5. The van der Waals surface area contributed by atoms with E-state index in [9.17, 15) is 9.59 Å². The number of thioether (sulfide) groups is 1. The Labute approximate surface area is 114 Å². The number of hydrogen-bond donors (Lipinski definition) is 3. The fraction of sp³-hybridized carbons (Fsp3) is 0.600. The number of imide groups is 1. The molecule has 0 radical (unpaired) electrons. The van der Waals surface area contributed by atoms with Crippen LogP contribution in [-0.2, 0) is 11.3 Å². The molecule has 0 atom stereocenters. The van der Waals surface area contributed by atoms with Gasteiger partial charge in [-0.15, -0.1) is 10.2 Å². The van der Waals surface area contributed by atoms with E-state index in [-0.39, 0.29) is 11.7 Å². The molecule has 0 spiro atoms. The molecule has 1 aliphatic carbocycles. The van der Waals surface area contributed by atoms with Gasteiger partial charge in [-0.25, -0.2) is 4.79 Å². The fourth-order valence-corrected chi connectivity index (χ4v) is 2.42. The van der Waals surface area contributed by atoms with E-state index in [4.69, 9.17) is 5.73 Å². The van der Waals surface area contributed by atoms with Crippen LogP contribution in [-0.4, -0.2) is 39.5 Å². The average molecular weight is 284 g/mol. The number of urea groups is 1. The molecule has 4 N–H and O–H groups in total. The molecule has 9 heteroatoms. The first kappa shape index (κ1) is 13.8. The van der Waals surface area contributed by atoms with Gasteiger partial charge in [0.05, 0.1) is 12.3 Å². The van der Waals surface area contributed by atoms with Crippen molar-refractivity contribution < 1.29 is 9.59 Å². The SMILES string of the molecule is CNC(=O)NC(=O)CSc1nnc(CN)n1C1CC1. The van der Waals surface area contributed by atoms with Crippen molar-refractivity contribution in [3.8, 4) is 0 Å². The number of nitrogens with two attached hydrogens (primary N) is 1. The number of nitrogens with zero attached hydrogens (tertiary/aromatic N) is 3. The van der Waals surface area contributed by atoms with Crippen molar-refractivity contribution in [1.82, 2.24) is 25.4 Å². The first-order valence-corrected chi connectivity index (χ1v) is 6.92. The predicted molar refractivity (Wildman–Crippen MR) is 69.5 cm³/mol. The Bertz CT molecular complexity index is 484. The van der Waals surface area contributed by atoms with Crippen molar-refractivity contribution in [2.24, 2.45) is 5.73 Å². The molecule has 3 amide bonds. The molecular formula is C10H16N6O2S. The third kappa shape index (κ3) is 3.44. The first-order valence-electron chi connectivity index (χ1n) is 5.94. The zero-order valence-corrected chi connectivity index (χ0v) is 11.4. The van der Waals surface area contributed by atoms with Crippen molar-refractivity contribution in [3.63, 3.8) is 0 Å². The van der Waals surface area contributed by atoms with Gasteiger partial charge < -0.3 is 15.6 Å². The highest BCUT2D eigenvalue weighted by Crippen LogP contribution is 2.38. The monoisotopic (exact) mass is 284 g/mol. The molecule has 0 aliphatic heterocycles. The third-order valence-corrected chi connectivity index (χ3v) is 3.59. The maximum Gasteiger partial charge on any atom is 0.321 e. The summed E-state index contributed by atoms with van der Waals surface area (Å²) in [6.07, 6.45) is 2.17. The molecule has 1 fully saturated rings. The molecular weight excluding hydrogens is 268 g/mol. The summed E-state index contributed by atoms with van der Waals surface area (Å²) in [5, 5.41) is 13.2. The smallest absolute Gasteiger partial charge is 0.321 e. The maximum absolute atomic E-state index is 11.5. The van der Waals surface area contributed by atoms with Gasteiger partial charge in [0.2, 0.25) is 5.91 Å². The quantitative estimate of drug-likeness (QED) is 0.635. The van der Waals surface area contributed by atoms with Crippen LogP contribution in [0.3, 0.4) is 0 Å². The molecule has 2 rings (SSSR count). The van der Waals surface area contributed by atoms with Crippen molar-refractivity contribution in [2.75, 3.05) is 12.8 Å². The molecule has 0 bridgehead atoms. The summed E-state index contributed by atoms with van der Waals surface area (Å²) in [5.41, 5.74) is 5.60. The van der Waals surface area contributed by atoms with Gasteiger partial charge in [0, 0.05) is 13.1 Å². The van der Waals surface area contributed by atoms with Crippen LogP contribution in [0.15, 0.2) is 5.16 Å². The van der Waals surface area contributed by atoms with E-state index in [0.717, 1.165) is 18.7 Å². The van der Waals surface area contributed by atoms with Gasteiger partial charge in [0.15, 0.2) is 5.16 Å². The lowest BCUT2D eigenvalue weighted by atomic mass is 10.5. The average Bonchev–Trinajstić information content (AvgIpc) is 3.16. The Kier molecular flexibility index (Phi) is 4.38. The zero-order valence-electron chi connectivity index (χ0n) is 10.5. The van der Waals surface area contributed by atoms with Gasteiger partial charge >= 0.3 is 6.03 Å². The molecule has 104 valence electrons. The minimum atomic E-state index is -0.517. The highest BCUT2D eigenvalue weighted by Gasteiger charge is 2.29. The van der Waals surface area contributed by atoms with Crippen molar-refractivity contribution in [1.29, 1.82) is 0 Å². The Morgan fingerprint density at radius 3 is 2.79 bits per heavy atom. The number of hydrogen-bond acceptors (Lipinski definition) is 6. The van der Waals surface area contributed by atoms with E-state index in [1.54, 1.807) is 0 Å². The lowest BCUT2D eigenvalue weighted by molar-refractivity contribution is -0.117. The molecule has 1 saturated carbocycles. The normalized spacial score (nSPS) is 14.2. The summed E-state index contributed by atoms with van der Waals surface area (Å²) in [4.78, 5) is 22.5. The van der Waals surface area contributed by atoms with Crippen LogP contribution in [0.4, 0.5) is 4.79 Å². The van der Waals surface area contributed by atoms with Gasteiger partial charge in [0.1, 0.15) is 5.82 Å². The van der Waals surface area contributed by atoms with E-state index in [2.05, 4.69) is 20.8 Å². The lowest BCUT2D eigenvalue weighted by Gasteiger charge is -2.07.